The summed E-state index contributed by atoms with van der Waals surface area (Å²) in [7, 11) is 1.60. The zero-order valence-corrected chi connectivity index (χ0v) is 17.7. The number of hydrogen-bond donors (Lipinski definition) is 2. The predicted molar refractivity (Wildman–Crippen MR) is 113 cm³/mol. The van der Waals surface area contributed by atoms with E-state index in [2.05, 4.69) is 41.4 Å². The van der Waals surface area contributed by atoms with Crippen molar-refractivity contribution in [2.75, 3.05) is 17.7 Å². The van der Waals surface area contributed by atoms with Gasteiger partial charge in [-0.2, -0.15) is 0 Å². The zero-order valence-electron chi connectivity index (χ0n) is 16.1. The lowest BCUT2D eigenvalue weighted by atomic mass is 9.94. The number of carbonyl (C=O) groups is 1. The maximum Gasteiger partial charge on any atom is 0.325 e. The number of hydrogen-bond acceptors (Lipinski definition) is 7. The van der Waals surface area contributed by atoms with Gasteiger partial charge in [0.2, 0.25) is 5.89 Å². The second-order valence-electron chi connectivity index (χ2n) is 6.95. The fourth-order valence-electron chi connectivity index (χ4n) is 2.17. The first-order valence-electron chi connectivity index (χ1n) is 8.59. The first-order chi connectivity index (χ1) is 13.3. The van der Waals surface area contributed by atoms with Crippen LogP contribution in [0.5, 0.6) is 5.75 Å². The van der Waals surface area contributed by atoms with Crippen molar-refractivity contribution in [1.29, 1.82) is 0 Å². The Morgan fingerprint density at radius 1 is 1.18 bits per heavy atom. The highest BCUT2D eigenvalue weighted by Gasteiger charge is 2.19. The predicted octanol–water partition coefficient (Wildman–Crippen LogP) is 5.37. The van der Waals surface area contributed by atoms with E-state index in [0.29, 0.717) is 22.5 Å². The molecule has 2 heterocycles. The highest BCUT2D eigenvalue weighted by atomic mass is 32.2. The minimum atomic E-state index is -0.349. The number of nitrogens with zero attached hydrogens (tertiary/aromatic N) is 2. The Bertz CT molecular complexity index is 929. The van der Waals surface area contributed by atoms with Crippen LogP contribution in [-0.4, -0.2) is 23.1 Å². The fourth-order valence-corrected chi connectivity index (χ4v) is 3.90. The van der Waals surface area contributed by atoms with Gasteiger partial charge in [0.1, 0.15) is 11.5 Å². The Kier molecular flexibility index (Phi) is 6.25. The van der Waals surface area contributed by atoms with Gasteiger partial charge in [0.15, 0.2) is 5.13 Å². The Morgan fingerprint density at radius 3 is 2.57 bits per heavy atom. The lowest BCUT2D eigenvalue weighted by molar-refractivity contribution is 0.262. The van der Waals surface area contributed by atoms with Crippen LogP contribution in [0.1, 0.15) is 32.4 Å². The molecule has 7 nitrogen and oxygen atoms in total. The number of oxazole rings is 1. The van der Waals surface area contributed by atoms with E-state index in [0.717, 1.165) is 15.7 Å². The first kappa shape index (κ1) is 20.2. The minimum Gasteiger partial charge on any atom is -0.497 e. The third-order valence-corrected chi connectivity index (χ3v) is 5.78. The molecule has 0 aliphatic carbocycles. The molecule has 0 saturated heterocycles. The van der Waals surface area contributed by atoms with E-state index in [1.165, 1.54) is 11.3 Å². The SMILES string of the molecule is COc1ccc(NC(=O)Nc2ncc(SCc3ncc(C(C)(C)C)o3)s2)cc1. The third-order valence-electron chi connectivity index (χ3n) is 3.68. The molecule has 2 amide bonds. The smallest absolute Gasteiger partial charge is 0.325 e. The maximum atomic E-state index is 12.1. The van der Waals surface area contributed by atoms with Crippen molar-refractivity contribution >= 4 is 39.9 Å². The van der Waals surface area contributed by atoms with Gasteiger partial charge in [0.25, 0.3) is 0 Å². The van der Waals surface area contributed by atoms with Crippen molar-refractivity contribution in [3.63, 3.8) is 0 Å². The van der Waals surface area contributed by atoms with Crippen LogP contribution in [-0.2, 0) is 11.2 Å². The van der Waals surface area contributed by atoms with Crippen LogP contribution < -0.4 is 15.4 Å². The molecule has 3 rings (SSSR count). The number of urea groups is 1. The van der Waals surface area contributed by atoms with Crippen LogP contribution in [0.4, 0.5) is 15.6 Å². The molecule has 0 bridgehead atoms. The largest absolute Gasteiger partial charge is 0.497 e. The highest BCUT2D eigenvalue weighted by molar-refractivity contribution is 8.00. The number of thioether (sulfide) groups is 1. The average molecular weight is 419 g/mol. The normalized spacial score (nSPS) is 11.3. The molecule has 2 N–H and O–H groups in total. The highest BCUT2D eigenvalue weighted by Crippen LogP contribution is 2.31. The first-order valence-corrected chi connectivity index (χ1v) is 10.4. The van der Waals surface area contributed by atoms with E-state index < -0.39 is 0 Å². The molecule has 0 atom stereocenters. The summed E-state index contributed by atoms with van der Waals surface area (Å²) in [5.41, 5.74) is 0.609. The Balaban J connectivity index is 1.50. The summed E-state index contributed by atoms with van der Waals surface area (Å²) in [6.45, 7) is 6.26. The van der Waals surface area contributed by atoms with Crippen molar-refractivity contribution < 1.29 is 13.9 Å². The number of anilines is 2. The van der Waals surface area contributed by atoms with Crippen molar-refractivity contribution in [2.24, 2.45) is 0 Å². The number of carbonyl (C=O) groups excluding carboxylic acids is 1. The molecule has 9 heteroatoms. The molecule has 3 aromatic rings. The van der Waals surface area contributed by atoms with Gasteiger partial charge in [-0.15, -0.1) is 11.8 Å². The molecule has 28 heavy (non-hydrogen) atoms. The van der Waals surface area contributed by atoms with Crippen molar-refractivity contribution in [2.45, 2.75) is 36.1 Å². The summed E-state index contributed by atoms with van der Waals surface area (Å²) in [6, 6.07) is 6.75. The number of rotatable bonds is 6. The van der Waals surface area contributed by atoms with E-state index in [9.17, 15) is 4.79 Å². The van der Waals surface area contributed by atoms with Crippen molar-refractivity contribution in [1.82, 2.24) is 9.97 Å². The van der Waals surface area contributed by atoms with Gasteiger partial charge in [0.05, 0.1) is 29.5 Å². The van der Waals surface area contributed by atoms with Crippen molar-refractivity contribution in [3.05, 3.63) is 48.3 Å². The fraction of sp³-hybridized carbons (Fsp3) is 0.316. The van der Waals surface area contributed by atoms with Gasteiger partial charge >= 0.3 is 6.03 Å². The van der Waals surface area contributed by atoms with E-state index >= 15 is 0 Å². The lowest BCUT2D eigenvalue weighted by Crippen LogP contribution is -2.19. The molecule has 2 aromatic heterocycles. The standard InChI is InChI=1S/C19H22N4O3S2/c1-19(2,3)14-9-20-15(26-14)11-27-16-10-21-18(28-16)23-17(24)22-12-5-7-13(25-4)8-6-12/h5-10H,11H2,1-4H3,(H2,21,22,23,24). The quantitative estimate of drug-likeness (QED) is 0.523. The molecule has 0 aliphatic heterocycles. The number of benzene rings is 1. The van der Waals surface area contributed by atoms with E-state index in [4.69, 9.17) is 9.15 Å². The number of aromatic nitrogens is 2. The van der Waals surface area contributed by atoms with Crippen LogP contribution >= 0.6 is 23.1 Å². The summed E-state index contributed by atoms with van der Waals surface area (Å²) in [5.74, 6) is 2.88. The van der Waals surface area contributed by atoms with Gasteiger partial charge in [-0.3, -0.25) is 5.32 Å². The van der Waals surface area contributed by atoms with Crippen LogP contribution in [0.3, 0.4) is 0 Å². The van der Waals surface area contributed by atoms with Gasteiger partial charge in [-0.25, -0.2) is 14.8 Å². The Labute approximate surface area is 171 Å². The third kappa shape index (κ3) is 5.49. The number of amides is 2. The van der Waals surface area contributed by atoms with E-state index in [1.807, 2.05) is 0 Å². The van der Waals surface area contributed by atoms with Gasteiger partial charge in [-0.05, 0) is 24.3 Å². The minimum absolute atomic E-state index is 0.0608. The summed E-state index contributed by atoms with van der Waals surface area (Å²) < 4.78 is 11.9. The van der Waals surface area contributed by atoms with Gasteiger partial charge in [-0.1, -0.05) is 32.1 Å². The van der Waals surface area contributed by atoms with E-state index in [1.54, 1.807) is 55.5 Å². The lowest BCUT2D eigenvalue weighted by Gasteiger charge is -2.12. The maximum absolute atomic E-state index is 12.1. The molecule has 148 valence electrons. The summed E-state index contributed by atoms with van der Waals surface area (Å²) >= 11 is 2.97. The molecule has 0 fully saturated rings. The van der Waals surface area contributed by atoms with Gasteiger partial charge < -0.3 is 14.5 Å². The van der Waals surface area contributed by atoms with Crippen LogP contribution in [0.25, 0.3) is 0 Å². The van der Waals surface area contributed by atoms with Crippen LogP contribution in [0, 0.1) is 0 Å². The summed E-state index contributed by atoms with van der Waals surface area (Å²) in [6.07, 6.45) is 3.50. The molecular weight excluding hydrogens is 396 g/mol. The van der Waals surface area contributed by atoms with E-state index in [-0.39, 0.29) is 11.4 Å². The number of ether oxygens (including phenoxy) is 1. The van der Waals surface area contributed by atoms with Gasteiger partial charge in [0, 0.05) is 11.1 Å². The summed E-state index contributed by atoms with van der Waals surface area (Å²) in [4.78, 5) is 20.7. The topological polar surface area (TPSA) is 89.3 Å². The Hall–Kier alpha value is -2.52. The molecule has 0 saturated carbocycles. The number of nitrogens with one attached hydrogen (secondary N) is 2. The molecule has 0 unspecified atom stereocenters. The zero-order chi connectivity index (χ0) is 20.1. The molecule has 1 aromatic carbocycles. The number of thiazole rings is 1. The second kappa shape index (κ2) is 8.66. The van der Waals surface area contributed by atoms with Crippen LogP contribution in [0.2, 0.25) is 0 Å². The Morgan fingerprint density at radius 2 is 1.93 bits per heavy atom. The van der Waals surface area contributed by atoms with Crippen molar-refractivity contribution in [3.8, 4) is 5.75 Å². The number of methoxy groups -OCH3 is 1. The molecule has 0 radical (unpaired) electrons. The molecule has 0 aliphatic rings. The van der Waals surface area contributed by atoms with Crippen LogP contribution in [0.15, 0.2) is 45.3 Å². The molecular formula is C19H22N4O3S2. The second-order valence-corrected chi connectivity index (χ2v) is 9.26. The summed E-state index contributed by atoms with van der Waals surface area (Å²) in [5, 5.41) is 6.01. The average Bonchev–Trinajstić information content (AvgIpc) is 3.29. The monoisotopic (exact) mass is 418 g/mol. The molecule has 0 spiro atoms.